The van der Waals surface area contributed by atoms with Crippen LogP contribution in [-0.2, 0) is 20.0 Å². The van der Waals surface area contributed by atoms with Gasteiger partial charge in [-0.1, -0.05) is 5.16 Å². The summed E-state index contributed by atoms with van der Waals surface area (Å²) in [6.45, 7) is 6.23. The Balaban J connectivity index is 1.71. The van der Waals surface area contributed by atoms with E-state index >= 15 is 0 Å². The summed E-state index contributed by atoms with van der Waals surface area (Å²) in [5, 5.41) is 8.14. The molecular formula is C18H22N4O3. The maximum atomic E-state index is 12.6. The van der Waals surface area contributed by atoms with Crippen LogP contribution < -0.4 is 0 Å². The lowest BCUT2D eigenvalue weighted by Gasteiger charge is -2.15. The summed E-state index contributed by atoms with van der Waals surface area (Å²) in [7, 11) is 3.64. The first-order chi connectivity index (χ1) is 11.9. The fourth-order valence-electron chi connectivity index (χ4n) is 2.73. The summed E-state index contributed by atoms with van der Waals surface area (Å²) >= 11 is 0. The molecule has 3 aromatic rings. The minimum atomic E-state index is -0.159. The van der Waals surface area contributed by atoms with Crippen molar-refractivity contribution in [3.8, 4) is 0 Å². The molecule has 0 fully saturated rings. The van der Waals surface area contributed by atoms with Gasteiger partial charge in [-0.15, -0.1) is 0 Å². The molecule has 7 heteroatoms. The van der Waals surface area contributed by atoms with Gasteiger partial charge in [0.2, 0.25) is 0 Å². The summed E-state index contributed by atoms with van der Waals surface area (Å²) in [6.07, 6.45) is 2.34. The predicted molar refractivity (Wildman–Crippen MR) is 91.2 cm³/mol. The average Bonchev–Trinajstić information content (AvgIpc) is 3.26. The number of carbonyl (C=O) groups excluding carboxylic acids is 1. The molecule has 7 nitrogen and oxygen atoms in total. The second kappa shape index (κ2) is 6.58. The molecule has 25 heavy (non-hydrogen) atoms. The maximum Gasteiger partial charge on any atom is 0.289 e. The third-order valence-corrected chi connectivity index (χ3v) is 4.50. The highest BCUT2D eigenvalue weighted by molar-refractivity contribution is 5.91. The molecule has 0 saturated heterocycles. The van der Waals surface area contributed by atoms with Crippen LogP contribution in [0.5, 0.6) is 0 Å². The number of amides is 1. The lowest BCUT2D eigenvalue weighted by molar-refractivity contribution is 0.0751. The number of aromatic nitrogens is 3. The monoisotopic (exact) mass is 342 g/mol. The number of hydrogen-bond acceptors (Lipinski definition) is 5. The summed E-state index contributed by atoms with van der Waals surface area (Å²) in [5.41, 5.74) is 3.89. The first-order valence-corrected chi connectivity index (χ1v) is 8.10. The summed E-state index contributed by atoms with van der Waals surface area (Å²) < 4.78 is 12.7. The van der Waals surface area contributed by atoms with E-state index in [1.165, 1.54) is 0 Å². The molecule has 3 aromatic heterocycles. The number of hydrogen-bond donors (Lipinski definition) is 0. The zero-order valence-corrected chi connectivity index (χ0v) is 15.2. The molecule has 0 unspecified atom stereocenters. The van der Waals surface area contributed by atoms with Gasteiger partial charge >= 0.3 is 0 Å². The van der Waals surface area contributed by atoms with Gasteiger partial charge in [0.15, 0.2) is 5.76 Å². The first-order valence-electron chi connectivity index (χ1n) is 8.10. The number of nitrogens with zero attached hydrogens (tertiary/aromatic N) is 4. The van der Waals surface area contributed by atoms with Gasteiger partial charge in [-0.2, -0.15) is 5.10 Å². The van der Waals surface area contributed by atoms with E-state index in [4.69, 9.17) is 8.94 Å². The molecule has 0 aliphatic carbocycles. The zero-order chi connectivity index (χ0) is 18.1. The van der Waals surface area contributed by atoms with Crippen molar-refractivity contribution in [3.05, 3.63) is 58.1 Å². The van der Waals surface area contributed by atoms with Gasteiger partial charge in [0.25, 0.3) is 5.91 Å². The van der Waals surface area contributed by atoms with E-state index in [9.17, 15) is 4.79 Å². The van der Waals surface area contributed by atoms with Gasteiger partial charge in [0.05, 0.1) is 11.9 Å². The Morgan fingerprint density at radius 2 is 2.04 bits per heavy atom. The van der Waals surface area contributed by atoms with Crippen molar-refractivity contribution in [2.24, 2.45) is 7.05 Å². The van der Waals surface area contributed by atoms with Crippen LogP contribution in [0.3, 0.4) is 0 Å². The van der Waals surface area contributed by atoms with Crippen molar-refractivity contribution < 1.29 is 13.7 Å². The fraction of sp³-hybridized carbons (Fsp3) is 0.389. The average molecular weight is 342 g/mol. The van der Waals surface area contributed by atoms with Gasteiger partial charge in [-0.05, 0) is 32.9 Å². The van der Waals surface area contributed by atoms with Crippen LogP contribution >= 0.6 is 0 Å². The van der Waals surface area contributed by atoms with Gasteiger partial charge in [0.1, 0.15) is 11.5 Å². The normalized spacial score (nSPS) is 11.1. The Hall–Kier alpha value is -2.83. The Morgan fingerprint density at radius 3 is 2.64 bits per heavy atom. The predicted octanol–water partition coefficient (Wildman–Crippen LogP) is 2.79. The lowest BCUT2D eigenvalue weighted by Crippen LogP contribution is -2.26. The fourth-order valence-corrected chi connectivity index (χ4v) is 2.73. The van der Waals surface area contributed by atoms with Crippen molar-refractivity contribution >= 4 is 5.91 Å². The highest BCUT2D eigenvalue weighted by Crippen LogP contribution is 2.20. The highest BCUT2D eigenvalue weighted by atomic mass is 16.5. The second-order valence-corrected chi connectivity index (χ2v) is 6.29. The molecule has 132 valence electrons. The lowest BCUT2D eigenvalue weighted by atomic mass is 10.1. The molecule has 0 aliphatic heterocycles. The van der Waals surface area contributed by atoms with Crippen LogP contribution in [0.25, 0.3) is 0 Å². The SMILES string of the molecule is Cc1noc(C)c1Cc1ccc(C(=O)N(C)Cc2cnn(C)c2C)o1. The summed E-state index contributed by atoms with van der Waals surface area (Å²) in [5.74, 6) is 1.65. The van der Waals surface area contributed by atoms with Crippen molar-refractivity contribution in [2.75, 3.05) is 7.05 Å². The minimum absolute atomic E-state index is 0.159. The summed E-state index contributed by atoms with van der Waals surface area (Å²) in [4.78, 5) is 14.2. The van der Waals surface area contributed by atoms with Gasteiger partial charge in [-0.3, -0.25) is 9.48 Å². The Labute approximate surface area is 146 Å². The number of aryl methyl sites for hydroxylation is 3. The van der Waals surface area contributed by atoms with Crippen LogP contribution in [0.15, 0.2) is 27.3 Å². The first kappa shape index (κ1) is 17.0. The molecule has 0 aromatic carbocycles. The molecule has 3 heterocycles. The van der Waals surface area contributed by atoms with Gasteiger partial charge < -0.3 is 13.8 Å². The summed E-state index contributed by atoms with van der Waals surface area (Å²) in [6, 6.07) is 3.53. The van der Waals surface area contributed by atoms with Crippen LogP contribution in [0.1, 0.15) is 44.6 Å². The molecule has 0 aliphatic rings. The van der Waals surface area contributed by atoms with Crippen LogP contribution in [0, 0.1) is 20.8 Å². The zero-order valence-electron chi connectivity index (χ0n) is 15.2. The van der Waals surface area contributed by atoms with Crippen LogP contribution in [0.2, 0.25) is 0 Å². The topological polar surface area (TPSA) is 77.3 Å². The van der Waals surface area contributed by atoms with Gasteiger partial charge in [-0.25, -0.2) is 0 Å². The molecule has 0 atom stereocenters. The molecule has 0 N–H and O–H groups in total. The van der Waals surface area contributed by atoms with Crippen molar-refractivity contribution in [3.63, 3.8) is 0 Å². The van der Waals surface area contributed by atoms with E-state index in [-0.39, 0.29) is 5.91 Å². The molecule has 0 saturated carbocycles. The number of carbonyl (C=O) groups is 1. The van der Waals surface area contributed by atoms with Crippen molar-refractivity contribution in [1.29, 1.82) is 0 Å². The molecule has 1 amide bonds. The highest BCUT2D eigenvalue weighted by Gasteiger charge is 2.19. The van der Waals surface area contributed by atoms with Crippen molar-refractivity contribution in [2.45, 2.75) is 33.7 Å². The van der Waals surface area contributed by atoms with Crippen LogP contribution in [-0.4, -0.2) is 32.8 Å². The van der Waals surface area contributed by atoms with E-state index in [0.29, 0.717) is 24.5 Å². The Bertz CT molecular complexity index is 884. The van der Waals surface area contributed by atoms with Crippen molar-refractivity contribution in [1.82, 2.24) is 19.8 Å². The number of rotatable bonds is 5. The van der Waals surface area contributed by atoms with E-state index in [0.717, 1.165) is 28.3 Å². The van der Waals surface area contributed by atoms with Gasteiger partial charge in [0, 0.05) is 43.9 Å². The third-order valence-electron chi connectivity index (χ3n) is 4.50. The molecule has 3 rings (SSSR count). The standard InChI is InChI=1S/C18H22N4O3/c1-11-16(13(3)25-20-11)8-15-6-7-17(24-15)18(23)21(4)10-14-9-19-22(5)12(14)2/h6-7,9H,8,10H2,1-5H3. The Morgan fingerprint density at radius 1 is 1.28 bits per heavy atom. The largest absolute Gasteiger partial charge is 0.456 e. The van der Waals surface area contributed by atoms with E-state index in [1.807, 2.05) is 33.9 Å². The molecule has 0 spiro atoms. The second-order valence-electron chi connectivity index (χ2n) is 6.29. The third kappa shape index (κ3) is 3.35. The molecule has 0 bridgehead atoms. The van der Waals surface area contributed by atoms with E-state index in [1.54, 1.807) is 28.9 Å². The smallest absolute Gasteiger partial charge is 0.289 e. The number of furan rings is 1. The minimum Gasteiger partial charge on any atom is -0.456 e. The van der Waals surface area contributed by atoms with E-state index in [2.05, 4.69) is 10.3 Å². The van der Waals surface area contributed by atoms with Crippen LogP contribution in [0.4, 0.5) is 0 Å². The van der Waals surface area contributed by atoms with E-state index < -0.39 is 0 Å². The quantitative estimate of drug-likeness (QED) is 0.712. The molecular weight excluding hydrogens is 320 g/mol. The molecule has 0 radical (unpaired) electrons. The maximum absolute atomic E-state index is 12.6. The Kier molecular flexibility index (Phi) is 4.48.